The number of sulfonamides is 1. The second-order valence-electron chi connectivity index (χ2n) is 4.23. The fourth-order valence-corrected chi connectivity index (χ4v) is 2.04. The molecule has 1 N–H and O–H groups in total. The third kappa shape index (κ3) is 3.78. The van der Waals surface area contributed by atoms with E-state index < -0.39 is 10.0 Å². The maximum atomic E-state index is 11.0. The zero-order chi connectivity index (χ0) is 13.9. The largest absolute Gasteiger partial charge is 0.403 e. The molecule has 0 saturated carbocycles. The molecule has 0 saturated heterocycles. The van der Waals surface area contributed by atoms with Crippen LogP contribution < -0.4 is 4.72 Å². The SMILES string of the molecule is CCCc1ccc(-c2nnc(NS(C)(=O)=O)o2)cc1. The molecule has 0 unspecified atom stereocenters. The van der Waals surface area contributed by atoms with Crippen molar-refractivity contribution in [1.82, 2.24) is 10.2 Å². The number of benzene rings is 1. The lowest BCUT2D eigenvalue weighted by atomic mass is 10.1. The molecule has 2 aromatic rings. The highest BCUT2D eigenvalue weighted by Crippen LogP contribution is 2.20. The van der Waals surface area contributed by atoms with E-state index in [-0.39, 0.29) is 11.9 Å². The van der Waals surface area contributed by atoms with Crippen molar-refractivity contribution in [1.29, 1.82) is 0 Å². The van der Waals surface area contributed by atoms with E-state index in [0.717, 1.165) is 24.7 Å². The maximum Gasteiger partial charge on any atom is 0.329 e. The van der Waals surface area contributed by atoms with Gasteiger partial charge in [0.15, 0.2) is 0 Å². The van der Waals surface area contributed by atoms with E-state index in [9.17, 15) is 8.42 Å². The standard InChI is InChI=1S/C12H15N3O3S/c1-3-4-9-5-7-10(8-6-9)11-13-14-12(18-11)15-19(2,16)17/h5-8H,3-4H2,1-2H3,(H,14,15). The highest BCUT2D eigenvalue weighted by Gasteiger charge is 2.11. The Hall–Kier alpha value is -1.89. The van der Waals surface area contributed by atoms with E-state index in [1.54, 1.807) is 0 Å². The summed E-state index contributed by atoms with van der Waals surface area (Å²) in [6.07, 6.45) is 3.13. The molecule has 6 nitrogen and oxygen atoms in total. The Morgan fingerprint density at radius 1 is 1.21 bits per heavy atom. The van der Waals surface area contributed by atoms with Gasteiger partial charge in [0.25, 0.3) is 0 Å². The Morgan fingerprint density at radius 3 is 2.47 bits per heavy atom. The van der Waals surface area contributed by atoms with Crippen LogP contribution in [-0.4, -0.2) is 24.9 Å². The summed E-state index contributed by atoms with van der Waals surface area (Å²) in [4.78, 5) is 0. The molecule has 0 amide bonds. The first kappa shape index (κ1) is 13.5. The highest BCUT2D eigenvalue weighted by molar-refractivity contribution is 7.91. The van der Waals surface area contributed by atoms with Crippen LogP contribution in [0.2, 0.25) is 0 Å². The fourth-order valence-electron chi connectivity index (χ4n) is 1.64. The molecule has 102 valence electrons. The maximum absolute atomic E-state index is 11.0. The van der Waals surface area contributed by atoms with Gasteiger partial charge in [0, 0.05) is 5.56 Å². The van der Waals surface area contributed by atoms with Gasteiger partial charge in [-0.2, -0.15) is 0 Å². The molecule has 0 radical (unpaired) electrons. The summed E-state index contributed by atoms with van der Waals surface area (Å²) in [5, 5.41) is 7.43. The summed E-state index contributed by atoms with van der Waals surface area (Å²) in [5.74, 6) is 0.286. The van der Waals surface area contributed by atoms with Crippen LogP contribution in [0.5, 0.6) is 0 Å². The second kappa shape index (κ2) is 5.40. The minimum absolute atomic E-state index is 0.130. The lowest BCUT2D eigenvalue weighted by Gasteiger charge is -1.99. The number of nitrogens with zero attached hydrogens (tertiary/aromatic N) is 2. The molecule has 0 fully saturated rings. The number of hydrogen-bond donors (Lipinski definition) is 1. The molecule has 7 heteroatoms. The number of aryl methyl sites for hydroxylation is 1. The third-order valence-electron chi connectivity index (χ3n) is 2.44. The molecule has 0 spiro atoms. The van der Waals surface area contributed by atoms with Crippen molar-refractivity contribution in [3.63, 3.8) is 0 Å². The van der Waals surface area contributed by atoms with Crippen LogP contribution in [0.15, 0.2) is 28.7 Å². The van der Waals surface area contributed by atoms with E-state index in [0.29, 0.717) is 0 Å². The predicted molar refractivity (Wildman–Crippen MR) is 72.2 cm³/mol. The monoisotopic (exact) mass is 281 g/mol. The quantitative estimate of drug-likeness (QED) is 0.906. The van der Waals surface area contributed by atoms with Gasteiger partial charge in [0.05, 0.1) is 6.26 Å². The Balaban J connectivity index is 2.18. The van der Waals surface area contributed by atoms with Crippen molar-refractivity contribution in [2.24, 2.45) is 0 Å². The molecular weight excluding hydrogens is 266 g/mol. The average molecular weight is 281 g/mol. The number of rotatable bonds is 5. The Labute approximate surface area is 111 Å². The summed E-state index contributed by atoms with van der Waals surface area (Å²) in [7, 11) is -3.41. The molecule has 19 heavy (non-hydrogen) atoms. The van der Waals surface area contributed by atoms with Gasteiger partial charge in [-0.25, -0.2) is 13.1 Å². The molecule has 0 aliphatic heterocycles. The fraction of sp³-hybridized carbons (Fsp3) is 0.333. The van der Waals surface area contributed by atoms with Crippen molar-refractivity contribution in [3.8, 4) is 11.5 Å². The van der Waals surface area contributed by atoms with Crippen LogP contribution in [0.25, 0.3) is 11.5 Å². The molecule has 0 bridgehead atoms. The average Bonchev–Trinajstić information content (AvgIpc) is 2.76. The lowest BCUT2D eigenvalue weighted by molar-refractivity contribution is 0.579. The topological polar surface area (TPSA) is 85.1 Å². The summed E-state index contributed by atoms with van der Waals surface area (Å²) in [6, 6.07) is 7.61. The van der Waals surface area contributed by atoms with Crippen LogP contribution in [0.4, 0.5) is 6.01 Å². The van der Waals surface area contributed by atoms with Gasteiger partial charge < -0.3 is 4.42 Å². The minimum Gasteiger partial charge on any atom is -0.403 e. The van der Waals surface area contributed by atoms with Crippen LogP contribution in [0, 0.1) is 0 Å². The highest BCUT2D eigenvalue weighted by atomic mass is 32.2. The molecular formula is C12H15N3O3S. The van der Waals surface area contributed by atoms with E-state index in [1.165, 1.54) is 5.56 Å². The minimum atomic E-state index is -3.41. The van der Waals surface area contributed by atoms with Crippen molar-refractivity contribution >= 4 is 16.0 Å². The van der Waals surface area contributed by atoms with E-state index in [4.69, 9.17) is 4.42 Å². The van der Waals surface area contributed by atoms with Crippen LogP contribution in [0.3, 0.4) is 0 Å². The van der Waals surface area contributed by atoms with Gasteiger partial charge in [-0.3, -0.25) is 0 Å². The zero-order valence-corrected chi connectivity index (χ0v) is 11.6. The van der Waals surface area contributed by atoms with Crippen molar-refractivity contribution in [2.75, 3.05) is 11.0 Å². The van der Waals surface area contributed by atoms with Gasteiger partial charge in [-0.15, -0.1) is 5.10 Å². The predicted octanol–water partition coefficient (Wildman–Crippen LogP) is 2.06. The van der Waals surface area contributed by atoms with E-state index in [1.807, 2.05) is 24.3 Å². The van der Waals surface area contributed by atoms with Gasteiger partial charge in [-0.05, 0) is 24.1 Å². The normalized spacial score (nSPS) is 11.5. The van der Waals surface area contributed by atoms with E-state index >= 15 is 0 Å². The number of hydrogen-bond acceptors (Lipinski definition) is 5. The first-order valence-electron chi connectivity index (χ1n) is 5.88. The van der Waals surface area contributed by atoms with Crippen molar-refractivity contribution in [3.05, 3.63) is 29.8 Å². The zero-order valence-electron chi connectivity index (χ0n) is 10.8. The van der Waals surface area contributed by atoms with Gasteiger partial charge >= 0.3 is 6.01 Å². The van der Waals surface area contributed by atoms with Crippen LogP contribution in [-0.2, 0) is 16.4 Å². The van der Waals surface area contributed by atoms with Crippen molar-refractivity contribution in [2.45, 2.75) is 19.8 Å². The summed E-state index contributed by atoms with van der Waals surface area (Å²) in [5.41, 5.74) is 1.99. The first-order chi connectivity index (χ1) is 8.98. The number of anilines is 1. The summed E-state index contributed by atoms with van der Waals surface area (Å²) in [6.45, 7) is 2.12. The Morgan fingerprint density at radius 2 is 1.89 bits per heavy atom. The molecule has 0 aliphatic carbocycles. The molecule has 0 atom stereocenters. The molecule has 2 rings (SSSR count). The number of aromatic nitrogens is 2. The van der Waals surface area contributed by atoms with Gasteiger partial charge in [-0.1, -0.05) is 30.6 Å². The lowest BCUT2D eigenvalue weighted by Crippen LogP contribution is -2.09. The number of nitrogens with one attached hydrogen (secondary N) is 1. The first-order valence-corrected chi connectivity index (χ1v) is 7.77. The smallest absolute Gasteiger partial charge is 0.329 e. The third-order valence-corrected chi connectivity index (χ3v) is 2.98. The Bertz CT molecular complexity index is 647. The van der Waals surface area contributed by atoms with Crippen LogP contribution in [0.1, 0.15) is 18.9 Å². The van der Waals surface area contributed by atoms with Gasteiger partial charge in [0.2, 0.25) is 15.9 Å². The molecule has 1 heterocycles. The molecule has 1 aromatic heterocycles. The van der Waals surface area contributed by atoms with E-state index in [2.05, 4.69) is 21.8 Å². The second-order valence-corrected chi connectivity index (χ2v) is 5.98. The van der Waals surface area contributed by atoms with Crippen LogP contribution >= 0.6 is 0 Å². The summed E-state index contributed by atoms with van der Waals surface area (Å²) >= 11 is 0. The summed E-state index contributed by atoms with van der Waals surface area (Å²) < 4.78 is 29.4. The molecule has 0 aliphatic rings. The van der Waals surface area contributed by atoms with Crippen molar-refractivity contribution < 1.29 is 12.8 Å². The Kier molecular flexibility index (Phi) is 3.84. The molecule has 1 aromatic carbocycles. The van der Waals surface area contributed by atoms with Gasteiger partial charge in [0.1, 0.15) is 0 Å².